The van der Waals surface area contributed by atoms with Gasteiger partial charge in [-0.25, -0.2) is 0 Å². The monoisotopic (exact) mass is 258 g/mol. The molecule has 0 atom stereocenters. The SMILES string of the molecule is Nc1ccc(OCCOCCc2ccccn2)cc1. The minimum atomic E-state index is 0.534. The fraction of sp³-hybridized carbons (Fsp3) is 0.267. The van der Waals surface area contributed by atoms with Crippen LogP contribution in [-0.2, 0) is 11.2 Å². The van der Waals surface area contributed by atoms with E-state index in [1.807, 2.05) is 42.5 Å². The van der Waals surface area contributed by atoms with E-state index in [2.05, 4.69) is 4.98 Å². The van der Waals surface area contributed by atoms with Crippen molar-refractivity contribution >= 4 is 5.69 Å². The summed E-state index contributed by atoms with van der Waals surface area (Å²) in [5.41, 5.74) is 7.37. The Hall–Kier alpha value is -2.07. The van der Waals surface area contributed by atoms with Gasteiger partial charge in [0, 0.05) is 24.0 Å². The first-order valence-corrected chi connectivity index (χ1v) is 6.30. The molecule has 0 aliphatic rings. The number of benzene rings is 1. The van der Waals surface area contributed by atoms with Gasteiger partial charge >= 0.3 is 0 Å². The van der Waals surface area contributed by atoms with E-state index in [9.17, 15) is 0 Å². The Morgan fingerprint density at radius 3 is 2.53 bits per heavy atom. The van der Waals surface area contributed by atoms with Crippen LogP contribution in [0.2, 0.25) is 0 Å². The Bertz CT molecular complexity index is 471. The van der Waals surface area contributed by atoms with Crippen molar-refractivity contribution in [1.29, 1.82) is 0 Å². The number of aromatic nitrogens is 1. The summed E-state index contributed by atoms with van der Waals surface area (Å²) in [5.74, 6) is 0.808. The minimum absolute atomic E-state index is 0.534. The fourth-order valence-electron chi connectivity index (χ4n) is 1.61. The van der Waals surface area contributed by atoms with Gasteiger partial charge in [0.25, 0.3) is 0 Å². The third-order valence-corrected chi connectivity index (χ3v) is 2.61. The molecule has 0 unspecified atom stereocenters. The number of rotatable bonds is 7. The molecule has 0 radical (unpaired) electrons. The summed E-state index contributed by atoms with van der Waals surface area (Å²) in [6, 6.07) is 13.2. The Labute approximate surface area is 113 Å². The summed E-state index contributed by atoms with van der Waals surface area (Å²) in [6.07, 6.45) is 2.61. The predicted octanol–water partition coefficient (Wildman–Crippen LogP) is 2.30. The van der Waals surface area contributed by atoms with Gasteiger partial charge < -0.3 is 15.2 Å². The molecule has 0 spiro atoms. The van der Waals surface area contributed by atoms with Crippen LogP contribution in [0.25, 0.3) is 0 Å². The molecule has 0 amide bonds. The molecule has 4 nitrogen and oxygen atoms in total. The Balaban J connectivity index is 1.56. The van der Waals surface area contributed by atoms with Gasteiger partial charge in [-0.1, -0.05) is 6.07 Å². The molecule has 0 saturated heterocycles. The number of hydrogen-bond donors (Lipinski definition) is 1. The van der Waals surface area contributed by atoms with Gasteiger partial charge in [-0.2, -0.15) is 0 Å². The zero-order chi connectivity index (χ0) is 13.3. The van der Waals surface area contributed by atoms with Crippen LogP contribution < -0.4 is 10.5 Å². The topological polar surface area (TPSA) is 57.4 Å². The molecule has 0 aliphatic heterocycles. The summed E-state index contributed by atoms with van der Waals surface area (Å²) < 4.78 is 11.0. The second kappa shape index (κ2) is 7.38. The van der Waals surface area contributed by atoms with Crippen molar-refractivity contribution in [1.82, 2.24) is 4.98 Å². The number of nitrogen functional groups attached to an aromatic ring is 1. The normalized spacial score (nSPS) is 10.3. The van der Waals surface area contributed by atoms with Crippen molar-refractivity contribution in [3.63, 3.8) is 0 Å². The largest absolute Gasteiger partial charge is 0.491 e. The Morgan fingerprint density at radius 1 is 0.947 bits per heavy atom. The summed E-state index contributed by atoms with van der Waals surface area (Å²) >= 11 is 0. The molecule has 1 heterocycles. The molecule has 2 rings (SSSR count). The lowest BCUT2D eigenvalue weighted by molar-refractivity contribution is 0.102. The first-order valence-electron chi connectivity index (χ1n) is 6.30. The first-order chi connectivity index (χ1) is 9.34. The summed E-state index contributed by atoms with van der Waals surface area (Å²) in [4.78, 5) is 4.23. The highest BCUT2D eigenvalue weighted by Crippen LogP contribution is 2.12. The first kappa shape index (κ1) is 13.4. The highest BCUT2D eigenvalue weighted by atomic mass is 16.5. The number of hydrogen-bond acceptors (Lipinski definition) is 4. The predicted molar refractivity (Wildman–Crippen MR) is 75.1 cm³/mol. The van der Waals surface area contributed by atoms with E-state index in [4.69, 9.17) is 15.2 Å². The van der Waals surface area contributed by atoms with Crippen molar-refractivity contribution in [2.45, 2.75) is 6.42 Å². The lowest BCUT2D eigenvalue weighted by Gasteiger charge is -2.07. The van der Waals surface area contributed by atoms with Crippen LogP contribution in [0.5, 0.6) is 5.75 Å². The van der Waals surface area contributed by atoms with E-state index in [1.165, 1.54) is 0 Å². The van der Waals surface area contributed by atoms with Crippen LogP contribution in [0, 0.1) is 0 Å². The average molecular weight is 258 g/mol. The van der Waals surface area contributed by atoms with Crippen LogP contribution in [0.3, 0.4) is 0 Å². The number of ether oxygens (including phenoxy) is 2. The molecule has 0 saturated carbocycles. The molecule has 1 aromatic heterocycles. The van der Waals surface area contributed by atoms with Crippen LogP contribution in [-0.4, -0.2) is 24.8 Å². The van der Waals surface area contributed by atoms with Crippen molar-refractivity contribution in [3.8, 4) is 5.75 Å². The van der Waals surface area contributed by atoms with Crippen molar-refractivity contribution in [2.75, 3.05) is 25.6 Å². The molecule has 4 heteroatoms. The molecule has 2 N–H and O–H groups in total. The highest BCUT2D eigenvalue weighted by Gasteiger charge is 1.95. The van der Waals surface area contributed by atoms with Crippen molar-refractivity contribution in [2.24, 2.45) is 0 Å². The van der Waals surface area contributed by atoms with Crippen LogP contribution >= 0.6 is 0 Å². The van der Waals surface area contributed by atoms with Gasteiger partial charge in [-0.3, -0.25) is 4.98 Å². The third kappa shape index (κ3) is 4.97. The lowest BCUT2D eigenvalue weighted by atomic mass is 10.3. The molecule has 0 aliphatic carbocycles. The lowest BCUT2D eigenvalue weighted by Crippen LogP contribution is -2.09. The van der Waals surface area contributed by atoms with Gasteiger partial charge in [0.05, 0.1) is 13.2 Å². The quantitative estimate of drug-likeness (QED) is 0.611. The number of nitrogens with zero attached hydrogens (tertiary/aromatic N) is 1. The minimum Gasteiger partial charge on any atom is -0.491 e. The number of pyridine rings is 1. The van der Waals surface area contributed by atoms with Gasteiger partial charge in [0.15, 0.2) is 0 Å². The maximum Gasteiger partial charge on any atom is 0.119 e. The van der Waals surface area contributed by atoms with Crippen LogP contribution in [0.1, 0.15) is 5.69 Å². The maximum atomic E-state index is 5.59. The molecule has 1 aromatic carbocycles. The number of nitrogens with two attached hydrogens (primary N) is 1. The second-order valence-electron chi connectivity index (χ2n) is 4.10. The fourth-order valence-corrected chi connectivity index (χ4v) is 1.61. The van der Waals surface area contributed by atoms with Crippen LogP contribution in [0.15, 0.2) is 48.7 Å². The highest BCUT2D eigenvalue weighted by molar-refractivity contribution is 5.41. The zero-order valence-corrected chi connectivity index (χ0v) is 10.8. The molecule has 0 bridgehead atoms. The van der Waals surface area contributed by atoms with Gasteiger partial charge in [-0.15, -0.1) is 0 Å². The van der Waals surface area contributed by atoms with E-state index in [0.717, 1.165) is 23.6 Å². The van der Waals surface area contributed by atoms with Crippen molar-refractivity contribution < 1.29 is 9.47 Å². The summed E-state index contributed by atoms with van der Waals surface area (Å²) in [7, 11) is 0. The molecule has 100 valence electrons. The Morgan fingerprint density at radius 2 is 1.79 bits per heavy atom. The Kier molecular flexibility index (Phi) is 5.19. The maximum absolute atomic E-state index is 5.59. The van der Waals surface area contributed by atoms with Gasteiger partial charge in [-0.05, 0) is 36.4 Å². The molecular formula is C15H18N2O2. The van der Waals surface area contributed by atoms with Crippen molar-refractivity contribution in [3.05, 3.63) is 54.4 Å². The molecule has 0 fully saturated rings. The smallest absolute Gasteiger partial charge is 0.119 e. The van der Waals surface area contributed by atoms with E-state index >= 15 is 0 Å². The molecule has 19 heavy (non-hydrogen) atoms. The zero-order valence-electron chi connectivity index (χ0n) is 10.8. The van der Waals surface area contributed by atoms with Gasteiger partial charge in [0.2, 0.25) is 0 Å². The van der Waals surface area contributed by atoms with Crippen LogP contribution in [0.4, 0.5) is 5.69 Å². The average Bonchev–Trinajstić information content (AvgIpc) is 2.46. The molecule has 2 aromatic rings. The van der Waals surface area contributed by atoms with E-state index < -0.39 is 0 Å². The van der Waals surface area contributed by atoms with E-state index in [0.29, 0.717) is 19.8 Å². The second-order valence-corrected chi connectivity index (χ2v) is 4.10. The number of anilines is 1. The van der Waals surface area contributed by atoms with E-state index in [1.54, 1.807) is 6.20 Å². The summed E-state index contributed by atoms with van der Waals surface area (Å²) in [5, 5.41) is 0. The molecular weight excluding hydrogens is 240 g/mol. The summed E-state index contributed by atoms with van der Waals surface area (Å²) in [6.45, 7) is 1.76. The van der Waals surface area contributed by atoms with Gasteiger partial charge in [0.1, 0.15) is 12.4 Å². The third-order valence-electron chi connectivity index (χ3n) is 2.61. The standard InChI is InChI=1S/C15H18N2O2/c16-13-4-6-15(7-5-13)19-12-11-18-10-8-14-3-1-2-9-17-14/h1-7,9H,8,10-12,16H2. The van der Waals surface area contributed by atoms with E-state index in [-0.39, 0.29) is 0 Å².